The maximum Gasteiger partial charge on any atom is 0.409 e. The summed E-state index contributed by atoms with van der Waals surface area (Å²) in [6.07, 6.45) is 1.38. The molecule has 9 heteroatoms. The summed E-state index contributed by atoms with van der Waals surface area (Å²) >= 11 is 0. The topological polar surface area (TPSA) is 87.2 Å². The molecule has 0 bridgehead atoms. The van der Waals surface area contributed by atoms with E-state index in [0.29, 0.717) is 45.8 Å². The lowest BCUT2D eigenvalue weighted by Crippen LogP contribution is -2.53. The molecule has 0 aliphatic carbocycles. The number of carbonyl (C=O) groups is 2. The van der Waals surface area contributed by atoms with Gasteiger partial charge in [0.15, 0.2) is 0 Å². The Morgan fingerprint density at radius 1 is 1.09 bits per heavy atom. The first kappa shape index (κ1) is 18.7. The number of hydrogen-bond donors (Lipinski definition) is 0. The van der Waals surface area contributed by atoms with Gasteiger partial charge in [0.05, 0.1) is 19.4 Å². The number of nitrogens with zero attached hydrogens (tertiary/aromatic N) is 3. The van der Waals surface area contributed by atoms with Gasteiger partial charge in [-0.15, -0.1) is 0 Å². The molecule has 1 heterocycles. The summed E-state index contributed by atoms with van der Waals surface area (Å²) in [5, 5.41) is 0. The fraction of sp³-hybridized carbons (Fsp3) is 0.846. The first-order valence-corrected chi connectivity index (χ1v) is 9.29. The lowest BCUT2D eigenvalue weighted by atomic mass is 10.3. The Labute approximate surface area is 132 Å². The highest BCUT2D eigenvalue weighted by molar-refractivity contribution is 7.88. The van der Waals surface area contributed by atoms with Gasteiger partial charge in [-0.1, -0.05) is 6.92 Å². The highest BCUT2D eigenvalue weighted by Gasteiger charge is 2.27. The number of rotatable bonds is 6. The number of carbonyl (C=O) groups excluding carboxylic acids is 2. The van der Waals surface area contributed by atoms with Crippen LogP contribution in [0, 0.1) is 0 Å². The van der Waals surface area contributed by atoms with E-state index in [4.69, 9.17) is 4.74 Å². The predicted molar refractivity (Wildman–Crippen MR) is 81.9 cm³/mol. The minimum Gasteiger partial charge on any atom is -0.450 e. The molecule has 22 heavy (non-hydrogen) atoms. The second-order valence-corrected chi connectivity index (χ2v) is 7.15. The second-order valence-electron chi connectivity index (χ2n) is 5.16. The van der Waals surface area contributed by atoms with E-state index in [1.54, 1.807) is 16.7 Å². The van der Waals surface area contributed by atoms with Crippen LogP contribution in [0.15, 0.2) is 0 Å². The standard InChI is InChI=1S/C13H25N3O5S/c1-4-6-16(22(3,19)20)11-12(17)14-7-9-15(10-8-14)13(18)21-5-2/h4-11H2,1-3H3. The molecule has 8 nitrogen and oxygen atoms in total. The van der Waals surface area contributed by atoms with Crippen LogP contribution in [0.1, 0.15) is 20.3 Å². The Morgan fingerprint density at radius 3 is 2.09 bits per heavy atom. The molecular weight excluding hydrogens is 310 g/mol. The van der Waals surface area contributed by atoms with Crippen molar-refractivity contribution >= 4 is 22.0 Å². The summed E-state index contributed by atoms with van der Waals surface area (Å²) in [4.78, 5) is 26.9. The zero-order chi connectivity index (χ0) is 16.8. The molecule has 1 aliphatic heterocycles. The number of amides is 2. The highest BCUT2D eigenvalue weighted by Crippen LogP contribution is 2.07. The van der Waals surface area contributed by atoms with Gasteiger partial charge in [0, 0.05) is 32.7 Å². The average molecular weight is 335 g/mol. The van der Waals surface area contributed by atoms with Gasteiger partial charge in [-0.3, -0.25) is 4.79 Å². The molecule has 1 aliphatic rings. The summed E-state index contributed by atoms with van der Waals surface area (Å²) in [7, 11) is -3.39. The molecule has 128 valence electrons. The molecule has 0 aromatic heterocycles. The summed E-state index contributed by atoms with van der Waals surface area (Å²) in [6.45, 7) is 5.68. The van der Waals surface area contributed by atoms with Crippen molar-refractivity contribution in [3.63, 3.8) is 0 Å². The van der Waals surface area contributed by atoms with Crippen molar-refractivity contribution in [3.8, 4) is 0 Å². The zero-order valence-corrected chi connectivity index (χ0v) is 14.3. The van der Waals surface area contributed by atoms with Gasteiger partial charge in [0.2, 0.25) is 15.9 Å². The first-order chi connectivity index (χ1) is 10.3. The number of sulfonamides is 1. The van der Waals surface area contributed by atoms with E-state index in [-0.39, 0.29) is 18.5 Å². The minimum absolute atomic E-state index is 0.147. The van der Waals surface area contributed by atoms with Gasteiger partial charge in [0.25, 0.3) is 0 Å². The lowest BCUT2D eigenvalue weighted by molar-refractivity contribution is -0.133. The summed E-state index contributed by atoms with van der Waals surface area (Å²) < 4.78 is 29.4. The van der Waals surface area contributed by atoms with Gasteiger partial charge in [0.1, 0.15) is 0 Å². The number of piperazine rings is 1. The van der Waals surface area contributed by atoms with E-state index in [2.05, 4.69) is 0 Å². The molecule has 0 aromatic rings. The maximum atomic E-state index is 12.2. The molecule has 0 unspecified atom stereocenters. The van der Waals surface area contributed by atoms with Crippen LogP contribution >= 0.6 is 0 Å². The average Bonchev–Trinajstić information content (AvgIpc) is 2.46. The summed E-state index contributed by atoms with van der Waals surface area (Å²) in [6, 6.07) is 0. The first-order valence-electron chi connectivity index (χ1n) is 7.44. The van der Waals surface area contributed by atoms with Crippen molar-refractivity contribution in [3.05, 3.63) is 0 Å². The number of ether oxygens (including phenoxy) is 1. The van der Waals surface area contributed by atoms with Crippen molar-refractivity contribution < 1.29 is 22.7 Å². The molecule has 0 spiro atoms. The molecule has 0 aromatic carbocycles. The third kappa shape index (κ3) is 5.45. The van der Waals surface area contributed by atoms with Crippen molar-refractivity contribution in [1.29, 1.82) is 0 Å². The summed E-state index contributed by atoms with van der Waals surface area (Å²) in [5.41, 5.74) is 0. The second kappa shape index (κ2) is 8.33. The molecule has 1 saturated heterocycles. The molecule has 2 amide bonds. The predicted octanol–water partition coefficient (Wildman–Crippen LogP) is -0.0413. The monoisotopic (exact) mass is 335 g/mol. The fourth-order valence-corrected chi connectivity index (χ4v) is 3.07. The van der Waals surface area contributed by atoms with Crippen LogP contribution in [0.4, 0.5) is 4.79 Å². The normalized spacial score (nSPS) is 16.0. The highest BCUT2D eigenvalue weighted by atomic mass is 32.2. The molecule has 0 atom stereocenters. The Bertz CT molecular complexity index is 486. The summed E-state index contributed by atoms with van der Waals surface area (Å²) in [5.74, 6) is -0.234. The van der Waals surface area contributed by atoms with Gasteiger partial charge in [-0.25, -0.2) is 13.2 Å². The number of hydrogen-bond acceptors (Lipinski definition) is 5. The van der Waals surface area contributed by atoms with E-state index in [1.165, 1.54) is 4.31 Å². The van der Waals surface area contributed by atoms with Crippen LogP contribution in [0.2, 0.25) is 0 Å². The third-order valence-electron chi connectivity index (χ3n) is 3.41. The molecule has 0 N–H and O–H groups in total. The zero-order valence-electron chi connectivity index (χ0n) is 13.4. The molecule has 1 rings (SSSR count). The van der Waals surface area contributed by atoms with E-state index in [9.17, 15) is 18.0 Å². The van der Waals surface area contributed by atoms with Crippen molar-refractivity contribution in [1.82, 2.24) is 14.1 Å². The van der Waals surface area contributed by atoms with E-state index in [0.717, 1.165) is 6.26 Å². The van der Waals surface area contributed by atoms with Crippen LogP contribution in [-0.2, 0) is 19.6 Å². The molecular formula is C13H25N3O5S. The van der Waals surface area contributed by atoms with Crippen LogP contribution in [0.25, 0.3) is 0 Å². The van der Waals surface area contributed by atoms with E-state index in [1.807, 2.05) is 6.92 Å². The van der Waals surface area contributed by atoms with Crippen LogP contribution in [0.3, 0.4) is 0 Å². The van der Waals surface area contributed by atoms with Crippen LogP contribution in [-0.4, -0.2) is 86.7 Å². The third-order valence-corrected chi connectivity index (χ3v) is 4.66. The van der Waals surface area contributed by atoms with Gasteiger partial charge in [-0.05, 0) is 13.3 Å². The van der Waals surface area contributed by atoms with Crippen LogP contribution in [0.5, 0.6) is 0 Å². The Kier molecular flexibility index (Phi) is 7.08. The molecule has 1 fully saturated rings. The van der Waals surface area contributed by atoms with Crippen molar-refractivity contribution in [2.45, 2.75) is 20.3 Å². The fourth-order valence-electron chi connectivity index (χ4n) is 2.22. The Hall–Kier alpha value is -1.35. The molecule has 0 radical (unpaired) electrons. The Morgan fingerprint density at radius 2 is 1.64 bits per heavy atom. The molecule has 0 saturated carbocycles. The lowest BCUT2D eigenvalue weighted by Gasteiger charge is -2.34. The van der Waals surface area contributed by atoms with Gasteiger partial charge >= 0.3 is 6.09 Å². The quantitative estimate of drug-likeness (QED) is 0.680. The van der Waals surface area contributed by atoms with Crippen LogP contribution < -0.4 is 0 Å². The SMILES string of the molecule is CCCN(CC(=O)N1CCN(C(=O)OCC)CC1)S(C)(=O)=O. The maximum absolute atomic E-state index is 12.2. The smallest absolute Gasteiger partial charge is 0.409 e. The van der Waals surface area contributed by atoms with Gasteiger partial charge in [-0.2, -0.15) is 4.31 Å². The minimum atomic E-state index is -3.39. The van der Waals surface area contributed by atoms with Crippen molar-refractivity contribution in [2.24, 2.45) is 0 Å². The van der Waals surface area contributed by atoms with E-state index >= 15 is 0 Å². The van der Waals surface area contributed by atoms with E-state index < -0.39 is 10.0 Å². The van der Waals surface area contributed by atoms with Gasteiger partial charge < -0.3 is 14.5 Å². The van der Waals surface area contributed by atoms with Crippen molar-refractivity contribution in [2.75, 3.05) is 52.1 Å². The Balaban J connectivity index is 2.53. The largest absolute Gasteiger partial charge is 0.450 e.